The van der Waals surface area contributed by atoms with Crippen molar-refractivity contribution in [2.24, 2.45) is 0 Å². The minimum absolute atomic E-state index is 0.0199. The van der Waals surface area contributed by atoms with Crippen molar-refractivity contribution in [3.63, 3.8) is 0 Å². The molecular weight excluding hydrogens is 328 g/mol. The summed E-state index contributed by atoms with van der Waals surface area (Å²) in [5, 5.41) is 2.45. The van der Waals surface area contributed by atoms with Crippen molar-refractivity contribution in [3.8, 4) is 5.75 Å². The highest BCUT2D eigenvalue weighted by molar-refractivity contribution is 5.96. The van der Waals surface area contributed by atoms with E-state index in [2.05, 4.69) is 10.3 Å². The Morgan fingerprint density at radius 3 is 2.62 bits per heavy atom. The Labute approximate surface area is 135 Å². The zero-order valence-electron chi connectivity index (χ0n) is 12.8. The molecule has 1 heterocycles. The van der Waals surface area contributed by atoms with Crippen molar-refractivity contribution >= 4 is 5.91 Å². The van der Waals surface area contributed by atoms with Crippen molar-refractivity contribution in [2.75, 3.05) is 7.11 Å². The van der Waals surface area contributed by atoms with Crippen LogP contribution in [-0.4, -0.2) is 18.0 Å². The summed E-state index contributed by atoms with van der Waals surface area (Å²) < 4.78 is 57.0. The van der Waals surface area contributed by atoms with Crippen LogP contribution in [0.2, 0.25) is 0 Å². The molecule has 0 bridgehead atoms. The van der Waals surface area contributed by atoms with E-state index in [1.165, 1.54) is 19.2 Å². The topological polar surface area (TPSA) is 51.2 Å². The van der Waals surface area contributed by atoms with Gasteiger partial charge < -0.3 is 10.1 Å². The number of carbonyl (C=O) groups excluding carboxylic acids is 1. The molecule has 0 saturated heterocycles. The maximum absolute atomic E-state index is 13.4. The maximum atomic E-state index is 13.4. The average molecular weight is 342 g/mol. The molecule has 2 rings (SSSR count). The summed E-state index contributed by atoms with van der Waals surface area (Å²) >= 11 is 0. The van der Waals surface area contributed by atoms with E-state index >= 15 is 0 Å². The third-order valence-corrected chi connectivity index (χ3v) is 3.39. The van der Waals surface area contributed by atoms with Gasteiger partial charge in [-0.25, -0.2) is 4.39 Å². The summed E-state index contributed by atoms with van der Waals surface area (Å²) in [5.74, 6) is -1.50. The van der Waals surface area contributed by atoms with Gasteiger partial charge in [0.25, 0.3) is 5.91 Å². The third kappa shape index (κ3) is 3.81. The first kappa shape index (κ1) is 17.7. The van der Waals surface area contributed by atoms with E-state index in [1.54, 1.807) is 6.92 Å². The number of aromatic nitrogens is 1. The van der Waals surface area contributed by atoms with Gasteiger partial charge in [0.05, 0.1) is 24.3 Å². The molecule has 8 heteroatoms. The predicted molar refractivity (Wildman–Crippen MR) is 78.1 cm³/mol. The SMILES string of the molecule is COc1cc([C@@H](C)NC(=O)c2ccncc2C(F)(F)F)ccc1F. The molecule has 0 unspecified atom stereocenters. The lowest BCUT2D eigenvalue weighted by atomic mass is 10.1. The Bertz CT molecular complexity index is 747. The molecule has 24 heavy (non-hydrogen) atoms. The van der Waals surface area contributed by atoms with Crippen LogP contribution in [0.5, 0.6) is 5.75 Å². The van der Waals surface area contributed by atoms with Gasteiger partial charge in [0.15, 0.2) is 11.6 Å². The van der Waals surface area contributed by atoms with Gasteiger partial charge in [0.1, 0.15) is 0 Å². The van der Waals surface area contributed by atoms with Crippen LogP contribution in [0, 0.1) is 5.82 Å². The standard InChI is InChI=1S/C16H14F4N2O2/c1-9(10-3-4-13(17)14(7-10)24-2)22-15(23)11-5-6-21-8-12(11)16(18,19)20/h3-9H,1-2H3,(H,22,23)/t9-/m1/s1. The summed E-state index contributed by atoms with van der Waals surface area (Å²) in [4.78, 5) is 15.6. The highest BCUT2D eigenvalue weighted by Gasteiger charge is 2.35. The second-order valence-corrected chi connectivity index (χ2v) is 5.01. The molecule has 0 aliphatic heterocycles. The van der Waals surface area contributed by atoms with Gasteiger partial charge >= 0.3 is 6.18 Å². The van der Waals surface area contributed by atoms with Crippen molar-refractivity contribution in [1.29, 1.82) is 0 Å². The van der Waals surface area contributed by atoms with Crippen LogP contribution < -0.4 is 10.1 Å². The number of ether oxygens (including phenoxy) is 1. The molecule has 1 aromatic carbocycles. The van der Waals surface area contributed by atoms with Crippen LogP contribution in [0.25, 0.3) is 0 Å². The van der Waals surface area contributed by atoms with Gasteiger partial charge in [0, 0.05) is 12.4 Å². The minimum atomic E-state index is -4.69. The van der Waals surface area contributed by atoms with Gasteiger partial charge in [-0.2, -0.15) is 13.2 Å². The summed E-state index contributed by atoms with van der Waals surface area (Å²) in [7, 11) is 1.29. The number of benzene rings is 1. The zero-order valence-corrected chi connectivity index (χ0v) is 12.8. The molecule has 0 saturated carbocycles. The molecule has 0 spiro atoms. The fourth-order valence-electron chi connectivity index (χ4n) is 2.12. The first-order valence-corrected chi connectivity index (χ1v) is 6.89. The number of nitrogens with one attached hydrogen (secondary N) is 1. The van der Waals surface area contributed by atoms with E-state index in [9.17, 15) is 22.4 Å². The van der Waals surface area contributed by atoms with Crippen molar-refractivity contribution in [2.45, 2.75) is 19.1 Å². The maximum Gasteiger partial charge on any atom is 0.418 e. The monoisotopic (exact) mass is 342 g/mol. The number of alkyl halides is 3. The fourth-order valence-corrected chi connectivity index (χ4v) is 2.12. The highest BCUT2D eigenvalue weighted by atomic mass is 19.4. The van der Waals surface area contributed by atoms with Crippen LogP contribution in [0.4, 0.5) is 17.6 Å². The average Bonchev–Trinajstić information content (AvgIpc) is 2.54. The number of pyridine rings is 1. The summed E-state index contributed by atoms with van der Waals surface area (Å²) in [6.07, 6.45) is -2.99. The predicted octanol–water partition coefficient (Wildman–Crippen LogP) is 3.74. The Morgan fingerprint density at radius 2 is 2.00 bits per heavy atom. The second-order valence-electron chi connectivity index (χ2n) is 5.01. The Kier molecular flexibility index (Phi) is 5.06. The molecule has 1 aromatic heterocycles. The van der Waals surface area contributed by atoms with Gasteiger partial charge in [0.2, 0.25) is 0 Å². The normalized spacial score (nSPS) is 12.6. The van der Waals surface area contributed by atoms with Crippen LogP contribution in [0.3, 0.4) is 0 Å². The lowest BCUT2D eigenvalue weighted by Crippen LogP contribution is -2.29. The molecule has 4 nitrogen and oxygen atoms in total. The van der Waals surface area contributed by atoms with E-state index in [4.69, 9.17) is 4.74 Å². The molecule has 1 amide bonds. The zero-order chi connectivity index (χ0) is 17.9. The highest BCUT2D eigenvalue weighted by Crippen LogP contribution is 2.31. The van der Waals surface area contributed by atoms with Gasteiger partial charge in [-0.05, 0) is 30.7 Å². The lowest BCUT2D eigenvalue weighted by Gasteiger charge is -2.17. The largest absolute Gasteiger partial charge is 0.494 e. The van der Waals surface area contributed by atoms with E-state index < -0.39 is 35.1 Å². The van der Waals surface area contributed by atoms with Gasteiger partial charge in [-0.1, -0.05) is 6.07 Å². The summed E-state index contributed by atoms with van der Waals surface area (Å²) in [5.41, 5.74) is -1.16. The molecule has 1 N–H and O–H groups in total. The molecule has 0 fully saturated rings. The van der Waals surface area contributed by atoms with E-state index in [-0.39, 0.29) is 5.75 Å². The number of methoxy groups -OCH3 is 1. The van der Waals surface area contributed by atoms with Crippen LogP contribution >= 0.6 is 0 Å². The smallest absolute Gasteiger partial charge is 0.418 e. The Balaban J connectivity index is 2.24. The molecule has 0 aliphatic carbocycles. The van der Waals surface area contributed by atoms with E-state index in [1.807, 2.05) is 0 Å². The Morgan fingerprint density at radius 1 is 1.29 bits per heavy atom. The number of nitrogens with zero attached hydrogens (tertiary/aromatic N) is 1. The number of carbonyl (C=O) groups is 1. The molecule has 1 atom stereocenters. The van der Waals surface area contributed by atoms with E-state index in [0.29, 0.717) is 11.8 Å². The van der Waals surface area contributed by atoms with Crippen LogP contribution in [0.1, 0.15) is 34.5 Å². The fraction of sp³-hybridized carbons (Fsp3) is 0.250. The third-order valence-electron chi connectivity index (χ3n) is 3.39. The van der Waals surface area contributed by atoms with Crippen LogP contribution in [-0.2, 0) is 6.18 Å². The van der Waals surface area contributed by atoms with Crippen molar-refractivity contribution in [3.05, 3.63) is 59.2 Å². The quantitative estimate of drug-likeness (QED) is 0.861. The molecule has 0 aliphatic rings. The first-order chi connectivity index (χ1) is 11.2. The Hall–Kier alpha value is -2.64. The molecular formula is C16H14F4N2O2. The van der Waals surface area contributed by atoms with Crippen LogP contribution in [0.15, 0.2) is 36.7 Å². The number of rotatable bonds is 4. The molecule has 128 valence electrons. The summed E-state index contributed by atoms with van der Waals surface area (Å²) in [6, 6.07) is 4.29. The van der Waals surface area contributed by atoms with Crippen molar-refractivity contribution < 1.29 is 27.1 Å². The number of hydrogen-bond donors (Lipinski definition) is 1. The van der Waals surface area contributed by atoms with Gasteiger partial charge in [-0.15, -0.1) is 0 Å². The molecule has 2 aromatic rings. The number of halogens is 4. The molecule has 0 radical (unpaired) electrons. The summed E-state index contributed by atoms with van der Waals surface area (Å²) in [6.45, 7) is 1.57. The van der Waals surface area contributed by atoms with Crippen molar-refractivity contribution in [1.82, 2.24) is 10.3 Å². The second kappa shape index (κ2) is 6.86. The number of amides is 1. The van der Waals surface area contributed by atoms with E-state index in [0.717, 1.165) is 18.3 Å². The minimum Gasteiger partial charge on any atom is -0.494 e. The lowest BCUT2D eigenvalue weighted by molar-refractivity contribution is -0.138. The number of hydrogen-bond acceptors (Lipinski definition) is 3. The first-order valence-electron chi connectivity index (χ1n) is 6.89. The van der Waals surface area contributed by atoms with Gasteiger partial charge in [-0.3, -0.25) is 9.78 Å².